The SMILES string of the molecule is O=C(Oc1c(I)cc(I)cc1I)c1cc2ccccc2cc1C(=O)Oc1c(F)c(F)c(S(=O)(=O)[O-])c(F)c1F. The van der Waals surface area contributed by atoms with Crippen molar-refractivity contribution in [2.75, 3.05) is 0 Å². The summed E-state index contributed by atoms with van der Waals surface area (Å²) in [4.78, 5) is 23.8. The molecule has 0 spiro atoms. The first-order valence-electron chi connectivity index (χ1n) is 10.1. The fourth-order valence-electron chi connectivity index (χ4n) is 3.40. The number of hydrogen-bond donors (Lipinski definition) is 0. The van der Waals surface area contributed by atoms with Crippen molar-refractivity contribution in [3.63, 3.8) is 0 Å². The third kappa shape index (κ3) is 6.00. The summed E-state index contributed by atoms with van der Waals surface area (Å²) in [6, 6.07) is 12.2. The summed E-state index contributed by atoms with van der Waals surface area (Å²) in [6.07, 6.45) is 0. The quantitative estimate of drug-likeness (QED) is 0.0559. The van der Waals surface area contributed by atoms with Crippen LogP contribution in [0.15, 0.2) is 53.4 Å². The maximum atomic E-state index is 14.5. The van der Waals surface area contributed by atoms with Crippen LogP contribution in [0.3, 0.4) is 0 Å². The van der Waals surface area contributed by atoms with Gasteiger partial charge in [0.1, 0.15) is 15.0 Å². The molecule has 0 radical (unpaired) electrons. The maximum absolute atomic E-state index is 14.5. The molecule has 0 fully saturated rings. The van der Waals surface area contributed by atoms with Gasteiger partial charge in [0, 0.05) is 3.57 Å². The summed E-state index contributed by atoms with van der Waals surface area (Å²) in [5, 5.41) is 0.845. The van der Waals surface area contributed by atoms with Crippen LogP contribution in [0.25, 0.3) is 10.8 Å². The van der Waals surface area contributed by atoms with E-state index >= 15 is 0 Å². The van der Waals surface area contributed by atoms with Crippen LogP contribution < -0.4 is 9.47 Å². The number of carbonyl (C=O) groups is 2. The highest BCUT2D eigenvalue weighted by Crippen LogP contribution is 2.34. The summed E-state index contributed by atoms with van der Waals surface area (Å²) in [5.74, 6) is -14.5. The highest BCUT2D eigenvalue weighted by atomic mass is 127. The third-order valence-electron chi connectivity index (χ3n) is 5.11. The molecular formula is C24H8F4I3O7S-. The first-order valence-corrected chi connectivity index (χ1v) is 14.8. The fourth-order valence-corrected chi connectivity index (χ4v) is 7.82. The van der Waals surface area contributed by atoms with Crippen molar-refractivity contribution < 1.29 is 49.6 Å². The molecule has 4 aromatic carbocycles. The van der Waals surface area contributed by atoms with Gasteiger partial charge in [-0.1, -0.05) is 24.3 Å². The molecule has 0 N–H and O–H groups in total. The van der Waals surface area contributed by atoms with Crippen molar-refractivity contribution >= 4 is 101 Å². The molecule has 7 nitrogen and oxygen atoms in total. The molecule has 0 unspecified atom stereocenters. The molecule has 0 aromatic heterocycles. The Morgan fingerprint density at radius 3 is 1.51 bits per heavy atom. The molecule has 0 bridgehead atoms. The van der Waals surface area contributed by atoms with Crippen LogP contribution in [0, 0.1) is 34.0 Å². The van der Waals surface area contributed by atoms with E-state index in [0.29, 0.717) is 17.9 Å². The van der Waals surface area contributed by atoms with Gasteiger partial charge in [-0.15, -0.1) is 0 Å². The van der Waals surface area contributed by atoms with Gasteiger partial charge in [0.05, 0.1) is 18.3 Å². The minimum atomic E-state index is -5.97. The average molecular weight is 897 g/mol. The molecule has 0 atom stereocenters. The second kappa shape index (κ2) is 11.4. The van der Waals surface area contributed by atoms with Crippen LogP contribution in [-0.2, 0) is 10.1 Å². The molecule has 0 aliphatic carbocycles. The van der Waals surface area contributed by atoms with E-state index in [-0.39, 0.29) is 5.75 Å². The van der Waals surface area contributed by atoms with Crippen molar-refractivity contribution in [2.45, 2.75) is 4.90 Å². The number of hydrogen-bond acceptors (Lipinski definition) is 7. The van der Waals surface area contributed by atoms with Crippen LogP contribution >= 0.6 is 67.8 Å². The third-order valence-corrected chi connectivity index (χ3v) is 8.19. The van der Waals surface area contributed by atoms with Crippen LogP contribution in [0.5, 0.6) is 11.5 Å². The van der Waals surface area contributed by atoms with E-state index in [1.165, 1.54) is 6.07 Å². The molecule has 0 amide bonds. The number of ether oxygens (including phenoxy) is 2. The summed E-state index contributed by atoms with van der Waals surface area (Å²) in [5.41, 5.74) is -1.00. The average Bonchev–Trinajstić information content (AvgIpc) is 2.85. The van der Waals surface area contributed by atoms with E-state index in [1.807, 2.05) is 45.2 Å². The van der Waals surface area contributed by atoms with Crippen LogP contribution in [0.4, 0.5) is 17.6 Å². The van der Waals surface area contributed by atoms with Gasteiger partial charge >= 0.3 is 11.9 Å². The van der Waals surface area contributed by atoms with Crippen molar-refractivity contribution in [2.24, 2.45) is 0 Å². The first kappa shape index (κ1) is 29.9. The Morgan fingerprint density at radius 1 is 0.692 bits per heavy atom. The van der Waals surface area contributed by atoms with Gasteiger partial charge in [-0.25, -0.2) is 26.8 Å². The lowest BCUT2D eigenvalue weighted by Gasteiger charge is -2.15. The van der Waals surface area contributed by atoms with Crippen LogP contribution in [-0.4, -0.2) is 24.9 Å². The number of halogens is 7. The molecule has 4 aromatic rings. The molecule has 0 saturated carbocycles. The standard InChI is InChI=1S/C24H9F4I3O7S/c25-16-18(27)22(39(34,35)36)19(28)17(26)21(16)38-24(33)13-6-10-4-2-1-3-9(10)5-12(13)23(32)37-20-14(30)7-11(29)8-15(20)31/h1-8H,(H,34,35,36)/p-1. The Bertz CT molecular complexity index is 1760. The van der Waals surface area contributed by atoms with Gasteiger partial charge in [0.2, 0.25) is 17.4 Å². The van der Waals surface area contributed by atoms with E-state index in [4.69, 9.17) is 4.74 Å². The lowest BCUT2D eigenvalue weighted by molar-refractivity contribution is 0.0681. The molecule has 4 rings (SSSR count). The summed E-state index contributed by atoms with van der Waals surface area (Å²) >= 11 is 5.94. The minimum Gasteiger partial charge on any atom is -0.744 e. The number of esters is 2. The predicted molar refractivity (Wildman–Crippen MR) is 153 cm³/mol. The Kier molecular flexibility index (Phi) is 8.74. The molecule has 39 heavy (non-hydrogen) atoms. The Balaban J connectivity index is 1.82. The zero-order valence-electron chi connectivity index (χ0n) is 18.5. The second-order valence-corrected chi connectivity index (χ2v) is 12.5. The lowest BCUT2D eigenvalue weighted by atomic mass is 10.0. The minimum absolute atomic E-state index is 0.171. The van der Waals surface area contributed by atoms with Gasteiger partial charge in [-0.2, -0.15) is 8.78 Å². The predicted octanol–water partition coefficient (Wildman–Crippen LogP) is 6.55. The largest absolute Gasteiger partial charge is 0.744 e. The Hall–Kier alpha value is -2.10. The van der Waals surface area contributed by atoms with Crippen molar-refractivity contribution in [1.82, 2.24) is 0 Å². The molecule has 15 heteroatoms. The molecule has 202 valence electrons. The van der Waals surface area contributed by atoms with Crippen molar-refractivity contribution in [3.8, 4) is 11.5 Å². The molecule has 0 aliphatic heterocycles. The number of fused-ring (bicyclic) bond motifs is 1. The van der Waals surface area contributed by atoms with E-state index in [9.17, 15) is 40.1 Å². The number of rotatable bonds is 5. The first-order chi connectivity index (χ1) is 18.2. The van der Waals surface area contributed by atoms with Gasteiger partial charge < -0.3 is 14.0 Å². The monoisotopic (exact) mass is 897 g/mol. The molecule has 0 heterocycles. The molecule has 0 aliphatic rings. The van der Waals surface area contributed by atoms with Crippen LogP contribution in [0.1, 0.15) is 20.7 Å². The molecular weight excluding hydrogens is 889 g/mol. The summed E-state index contributed by atoms with van der Waals surface area (Å²) < 4.78 is 103. The zero-order valence-corrected chi connectivity index (χ0v) is 25.8. The van der Waals surface area contributed by atoms with Gasteiger partial charge in [0.25, 0.3) is 0 Å². The summed E-state index contributed by atoms with van der Waals surface area (Å²) in [6.45, 7) is 0. The summed E-state index contributed by atoms with van der Waals surface area (Å²) in [7, 11) is -5.97. The topological polar surface area (TPSA) is 110 Å². The smallest absolute Gasteiger partial charge is 0.344 e. The van der Waals surface area contributed by atoms with E-state index in [0.717, 1.165) is 9.64 Å². The van der Waals surface area contributed by atoms with Gasteiger partial charge in [-0.05, 0) is 103 Å². The Labute approximate surface area is 258 Å². The Morgan fingerprint density at radius 2 is 1.10 bits per heavy atom. The molecule has 0 saturated heterocycles. The van der Waals surface area contributed by atoms with E-state index in [1.54, 1.807) is 36.4 Å². The lowest BCUT2D eigenvalue weighted by Crippen LogP contribution is -2.20. The van der Waals surface area contributed by atoms with Gasteiger partial charge in [0.15, 0.2) is 17.4 Å². The number of benzene rings is 4. The highest BCUT2D eigenvalue weighted by molar-refractivity contribution is 14.1. The normalized spacial score (nSPS) is 11.5. The number of carbonyl (C=O) groups excluding carboxylic acids is 2. The fraction of sp³-hybridized carbons (Fsp3) is 0. The second-order valence-electron chi connectivity index (χ2n) is 7.59. The van der Waals surface area contributed by atoms with E-state index < -0.39 is 67.1 Å². The zero-order chi connectivity index (χ0) is 28.8. The van der Waals surface area contributed by atoms with Crippen molar-refractivity contribution in [1.29, 1.82) is 0 Å². The van der Waals surface area contributed by atoms with Gasteiger partial charge in [-0.3, -0.25) is 0 Å². The van der Waals surface area contributed by atoms with Crippen LogP contribution in [0.2, 0.25) is 0 Å². The van der Waals surface area contributed by atoms with E-state index in [2.05, 4.69) is 27.3 Å². The van der Waals surface area contributed by atoms with Crippen molar-refractivity contribution in [3.05, 3.63) is 93.6 Å². The highest BCUT2D eigenvalue weighted by Gasteiger charge is 2.32. The maximum Gasteiger partial charge on any atom is 0.344 e.